The van der Waals surface area contributed by atoms with Gasteiger partial charge in [0.1, 0.15) is 27.3 Å². The molecule has 0 aliphatic carbocycles. The number of nitrogens with zero attached hydrogens (tertiary/aromatic N) is 1. The monoisotopic (exact) mass is 442 g/mol. The first-order valence-electron chi connectivity index (χ1n) is 9.88. The van der Waals surface area contributed by atoms with E-state index >= 15 is 0 Å². The average Bonchev–Trinajstić information content (AvgIpc) is 3.13. The first-order chi connectivity index (χ1) is 15.6. The number of nitrogens with one attached hydrogen (secondary N) is 1. The lowest BCUT2D eigenvalue weighted by atomic mass is 9.72. The number of rotatable bonds is 5. The van der Waals surface area contributed by atoms with Gasteiger partial charge in [0, 0.05) is 35.5 Å². The molecule has 0 saturated carbocycles. The summed E-state index contributed by atoms with van der Waals surface area (Å²) < 4.78 is 28.3. The van der Waals surface area contributed by atoms with Gasteiger partial charge >= 0.3 is 0 Å². The molecule has 6 nitrogen and oxygen atoms in total. The summed E-state index contributed by atoms with van der Waals surface area (Å²) in [5.41, 5.74) is 6.83. The number of amides is 1. The van der Waals surface area contributed by atoms with Crippen molar-refractivity contribution in [2.75, 3.05) is 0 Å². The minimum atomic E-state index is -2.37. The van der Waals surface area contributed by atoms with Gasteiger partial charge in [0.2, 0.25) is 0 Å². The Morgan fingerprint density at radius 1 is 1.06 bits per heavy atom. The van der Waals surface area contributed by atoms with Gasteiger partial charge in [-0.15, -0.1) is 0 Å². The summed E-state index contributed by atoms with van der Waals surface area (Å²) in [6, 6.07) is 13.5. The van der Waals surface area contributed by atoms with Gasteiger partial charge in [-0.25, -0.2) is 14.6 Å². The molecule has 0 fully saturated rings. The number of hydrazine groups is 1. The predicted molar refractivity (Wildman–Crippen MR) is 123 cm³/mol. The molecule has 0 spiro atoms. The number of fused-ring (bicyclic) bond motifs is 1. The normalized spacial score (nSPS) is 13.6. The molecule has 0 unspecified atom stereocenters. The SMILES string of the molecule is [B]C([B])(O)N(N)/C(=C\N)c1cccc(-c2cc3c(cc2-c2ccc(F)cc2F)C(=O)NC3)c1. The summed E-state index contributed by atoms with van der Waals surface area (Å²) >= 11 is 0. The molecule has 0 aromatic heterocycles. The second kappa shape index (κ2) is 8.38. The number of halogens is 2. The Balaban J connectivity index is 1.91. The van der Waals surface area contributed by atoms with Crippen LogP contribution in [0.1, 0.15) is 21.5 Å². The molecular weight excluding hydrogens is 424 g/mol. The number of hydrogen-bond acceptors (Lipinski definition) is 5. The van der Waals surface area contributed by atoms with Gasteiger partial charge < -0.3 is 16.2 Å². The fraction of sp³-hybridized carbons (Fsp3) is 0.0870. The molecule has 1 amide bonds. The van der Waals surface area contributed by atoms with Crippen LogP contribution in [0, 0.1) is 11.6 Å². The maximum Gasteiger partial charge on any atom is 0.251 e. The van der Waals surface area contributed by atoms with E-state index in [0.717, 1.165) is 23.9 Å². The van der Waals surface area contributed by atoms with Crippen LogP contribution in [-0.4, -0.2) is 37.2 Å². The summed E-state index contributed by atoms with van der Waals surface area (Å²) in [5.74, 6) is 4.07. The van der Waals surface area contributed by atoms with Gasteiger partial charge in [-0.3, -0.25) is 9.80 Å². The highest BCUT2D eigenvalue weighted by atomic mass is 19.1. The molecule has 0 saturated heterocycles. The Morgan fingerprint density at radius 2 is 1.82 bits per heavy atom. The standard InChI is InChI=1S/C23H18B2F2N4O2/c24-23(25,33)31(29)21(10-28)13-3-1-2-12(6-13)17-7-14-11-30-22(32)18(14)9-19(17)16-5-4-15(26)8-20(16)27/h1-10,33H,11,28-29H2,(H,30,32)/b21-10-. The number of benzene rings is 3. The van der Waals surface area contributed by atoms with Crippen molar-refractivity contribution in [3.05, 3.63) is 89.1 Å². The highest BCUT2D eigenvalue weighted by Crippen LogP contribution is 2.38. The third kappa shape index (κ3) is 4.22. The average molecular weight is 442 g/mol. The van der Waals surface area contributed by atoms with Crippen molar-refractivity contribution in [3.8, 4) is 22.3 Å². The molecule has 3 aromatic rings. The Kier molecular flexibility index (Phi) is 5.73. The van der Waals surface area contributed by atoms with Crippen molar-refractivity contribution < 1.29 is 18.7 Å². The van der Waals surface area contributed by atoms with Crippen molar-refractivity contribution >= 4 is 27.3 Å². The van der Waals surface area contributed by atoms with E-state index in [-0.39, 0.29) is 17.2 Å². The van der Waals surface area contributed by atoms with Crippen LogP contribution < -0.4 is 16.9 Å². The summed E-state index contributed by atoms with van der Waals surface area (Å²) in [6.07, 6.45) is 1.13. The molecule has 10 heteroatoms. The van der Waals surface area contributed by atoms with Crippen LogP contribution in [0.3, 0.4) is 0 Å². The summed E-state index contributed by atoms with van der Waals surface area (Å²) in [5, 5.41) is 13.3. The van der Waals surface area contributed by atoms with Gasteiger partial charge in [0.05, 0.1) is 11.2 Å². The lowest BCUT2D eigenvalue weighted by Crippen LogP contribution is -2.53. The molecule has 33 heavy (non-hydrogen) atoms. The van der Waals surface area contributed by atoms with Crippen LogP contribution in [0.5, 0.6) is 0 Å². The van der Waals surface area contributed by atoms with Crippen LogP contribution in [0.15, 0.2) is 60.8 Å². The molecular formula is C23H18B2F2N4O2. The molecule has 0 bridgehead atoms. The van der Waals surface area contributed by atoms with Gasteiger partial charge in [0.25, 0.3) is 5.91 Å². The first-order valence-corrected chi connectivity index (χ1v) is 9.88. The van der Waals surface area contributed by atoms with E-state index < -0.39 is 17.2 Å². The van der Waals surface area contributed by atoms with Gasteiger partial charge in [-0.2, -0.15) is 0 Å². The van der Waals surface area contributed by atoms with Crippen molar-refractivity contribution in [2.24, 2.45) is 11.6 Å². The van der Waals surface area contributed by atoms with Crippen molar-refractivity contribution in [1.82, 2.24) is 10.3 Å². The highest BCUT2D eigenvalue weighted by molar-refractivity contribution is 6.38. The van der Waals surface area contributed by atoms with E-state index in [2.05, 4.69) is 5.32 Å². The summed E-state index contributed by atoms with van der Waals surface area (Å²) in [6.45, 7) is 0.324. The molecule has 4 radical (unpaired) electrons. The van der Waals surface area contributed by atoms with Crippen LogP contribution >= 0.6 is 0 Å². The Morgan fingerprint density at radius 3 is 2.48 bits per heavy atom. The van der Waals surface area contributed by atoms with Gasteiger partial charge in [-0.05, 0) is 52.6 Å². The van der Waals surface area contributed by atoms with E-state index in [1.807, 2.05) is 0 Å². The third-order valence-electron chi connectivity index (χ3n) is 5.42. The number of nitrogens with two attached hydrogens (primary N) is 2. The molecule has 1 heterocycles. The van der Waals surface area contributed by atoms with Crippen molar-refractivity contribution in [3.63, 3.8) is 0 Å². The highest BCUT2D eigenvalue weighted by Gasteiger charge is 2.25. The fourth-order valence-electron chi connectivity index (χ4n) is 3.80. The quantitative estimate of drug-likeness (QED) is 0.209. The number of carbonyl (C=O) groups excluding carboxylic acids is 1. The van der Waals surface area contributed by atoms with Crippen LogP contribution in [0.25, 0.3) is 28.0 Å². The zero-order valence-corrected chi connectivity index (χ0v) is 17.3. The molecule has 1 aliphatic rings. The topological polar surface area (TPSA) is 105 Å². The van der Waals surface area contributed by atoms with E-state index in [4.69, 9.17) is 27.3 Å². The zero-order chi connectivity index (χ0) is 23.9. The van der Waals surface area contributed by atoms with Crippen molar-refractivity contribution in [1.29, 1.82) is 0 Å². The summed E-state index contributed by atoms with van der Waals surface area (Å²) in [4.78, 5) is 12.2. The maximum absolute atomic E-state index is 14.7. The van der Waals surface area contributed by atoms with E-state index in [1.165, 1.54) is 6.07 Å². The third-order valence-corrected chi connectivity index (χ3v) is 5.42. The Bertz CT molecular complexity index is 1290. The fourth-order valence-corrected chi connectivity index (χ4v) is 3.80. The van der Waals surface area contributed by atoms with Gasteiger partial charge in [0.15, 0.2) is 0 Å². The second-order valence-corrected chi connectivity index (χ2v) is 7.65. The minimum Gasteiger partial charge on any atom is -0.403 e. The number of hydrogen-bond donors (Lipinski definition) is 4. The largest absolute Gasteiger partial charge is 0.403 e. The molecule has 4 rings (SSSR count). The van der Waals surface area contributed by atoms with Crippen LogP contribution in [-0.2, 0) is 6.54 Å². The first kappa shape index (κ1) is 22.6. The molecule has 162 valence electrons. The molecule has 0 atom stereocenters. The van der Waals surface area contributed by atoms with E-state index in [9.17, 15) is 18.7 Å². The van der Waals surface area contributed by atoms with Gasteiger partial charge in [-0.1, -0.05) is 18.2 Å². The van der Waals surface area contributed by atoms with E-state index in [1.54, 1.807) is 36.4 Å². The smallest absolute Gasteiger partial charge is 0.251 e. The maximum atomic E-state index is 14.7. The number of carbonyl (C=O) groups is 1. The Labute approximate surface area is 191 Å². The second-order valence-electron chi connectivity index (χ2n) is 7.65. The molecule has 1 aliphatic heterocycles. The number of aliphatic hydroxyl groups is 1. The van der Waals surface area contributed by atoms with Crippen molar-refractivity contribution in [2.45, 2.75) is 12.1 Å². The molecule has 6 N–H and O–H groups in total. The van der Waals surface area contributed by atoms with Crippen LogP contribution in [0.4, 0.5) is 8.78 Å². The van der Waals surface area contributed by atoms with E-state index in [0.29, 0.717) is 39.4 Å². The lowest BCUT2D eigenvalue weighted by Gasteiger charge is -2.34. The Hall–Kier alpha value is -3.62. The summed E-state index contributed by atoms with van der Waals surface area (Å²) in [7, 11) is 10.9. The zero-order valence-electron chi connectivity index (χ0n) is 17.3. The lowest BCUT2D eigenvalue weighted by molar-refractivity contribution is 0.0773. The predicted octanol–water partition coefficient (Wildman–Crippen LogP) is 1.92. The molecule has 3 aromatic carbocycles. The van der Waals surface area contributed by atoms with Crippen LogP contribution in [0.2, 0.25) is 0 Å². The minimum absolute atomic E-state index is 0.132.